The monoisotopic (exact) mass is 398 g/mol. The Balaban J connectivity index is 1.46. The summed E-state index contributed by atoms with van der Waals surface area (Å²) >= 11 is 0. The summed E-state index contributed by atoms with van der Waals surface area (Å²) in [6.45, 7) is 14.0. The average molecular weight is 399 g/mol. The van der Waals surface area contributed by atoms with E-state index in [2.05, 4.69) is 77.9 Å². The minimum absolute atomic E-state index is 0.595. The molecule has 0 spiro atoms. The van der Waals surface area contributed by atoms with Crippen molar-refractivity contribution in [3.8, 4) is 0 Å². The third kappa shape index (κ3) is 3.82. The molecule has 0 nitrogen and oxygen atoms in total. The average Bonchev–Trinajstić information content (AvgIpc) is 3.20. The van der Waals surface area contributed by atoms with Crippen LogP contribution >= 0.6 is 0 Å². The maximum atomic E-state index is 2.36. The molecule has 0 saturated heterocycles. The standard InChI is InChI=1S/C30H38/c1-19(2)25-15-9-11-23-17-21(5)27(29(23)25)13-7-8-14-28-22(6)18-24-12-10-16-26(20(3)4)30(24)28/h9-12,15-16,19-20H,7-8,13-14,17-18H2,1-6H3. The van der Waals surface area contributed by atoms with E-state index in [0.29, 0.717) is 11.8 Å². The Kier molecular flexibility index (Phi) is 6.05. The van der Waals surface area contributed by atoms with Gasteiger partial charge in [-0.05, 0) is 109 Å². The molecule has 0 saturated carbocycles. The van der Waals surface area contributed by atoms with E-state index in [4.69, 9.17) is 0 Å². The first-order valence-electron chi connectivity index (χ1n) is 12.0. The number of hydrogen-bond donors (Lipinski definition) is 0. The van der Waals surface area contributed by atoms with Crippen molar-refractivity contribution in [2.45, 2.75) is 91.9 Å². The van der Waals surface area contributed by atoms with Gasteiger partial charge in [-0.25, -0.2) is 0 Å². The van der Waals surface area contributed by atoms with Crippen LogP contribution in [0.1, 0.15) is 112 Å². The van der Waals surface area contributed by atoms with Crippen molar-refractivity contribution in [2.24, 2.45) is 0 Å². The Hall–Kier alpha value is -2.08. The van der Waals surface area contributed by atoms with Gasteiger partial charge in [0.15, 0.2) is 0 Å². The van der Waals surface area contributed by atoms with Gasteiger partial charge in [-0.1, -0.05) is 75.2 Å². The number of rotatable bonds is 7. The Bertz CT molecular complexity index is 927. The molecule has 30 heavy (non-hydrogen) atoms. The molecule has 0 fully saturated rings. The van der Waals surface area contributed by atoms with Crippen molar-refractivity contribution >= 4 is 11.1 Å². The number of unbranched alkanes of at least 4 members (excludes halogenated alkanes) is 1. The molecule has 2 aromatic carbocycles. The molecule has 0 aliphatic heterocycles. The van der Waals surface area contributed by atoms with Crippen LogP contribution in [-0.4, -0.2) is 0 Å². The summed E-state index contributed by atoms with van der Waals surface area (Å²) in [5.74, 6) is 1.19. The van der Waals surface area contributed by atoms with Crippen molar-refractivity contribution in [1.29, 1.82) is 0 Å². The van der Waals surface area contributed by atoms with E-state index < -0.39 is 0 Å². The predicted octanol–water partition coefficient (Wildman–Crippen LogP) is 8.85. The molecule has 4 rings (SSSR count). The molecule has 2 aliphatic carbocycles. The summed E-state index contributed by atoms with van der Waals surface area (Å²) in [6, 6.07) is 13.9. The number of hydrogen-bond acceptors (Lipinski definition) is 0. The van der Waals surface area contributed by atoms with Gasteiger partial charge >= 0.3 is 0 Å². The maximum Gasteiger partial charge on any atom is -0.00577 e. The lowest BCUT2D eigenvalue weighted by atomic mass is 9.88. The first kappa shape index (κ1) is 21.2. The highest BCUT2D eigenvalue weighted by Crippen LogP contribution is 2.42. The van der Waals surface area contributed by atoms with Crippen LogP contribution in [0.3, 0.4) is 0 Å². The molecule has 2 aliphatic rings. The van der Waals surface area contributed by atoms with Crippen LogP contribution in [0.25, 0.3) is 11.1 Å². The van der Waals surface area contributed by atoms with E-state index in [-0.39, 0.29) is 0 Å². The highest BCUT2D eigenvalue weighted by atomic mass is 14.3. The van der Waals surface area contributed by atoms with Crippen molar-refractivity contribution in [3.63, 3.8) is 0 Å². The maximum absolute atomic E-state index is 2.36. The highest BCUT2D eigenvalue weighted by molar-refractivity contribution is 5.80. The Morgan fingerprint density at radius 1 is 0.633 bits per heavy atom. The van der Waals surface area contributed by atoms with Crippen LogP contribution in [0.15, 0.2) is 47.5 Å². The summed E-state index contributed by atoms with van der Waals surface area (Å²) in [6.07, 6.45) is 7.34. The predicted molar refractivity (Wildman–Crippen MR) is 132 cm³/mol. The van der Waals surface area contributed by atoms with Crippen LogP contribution in [0, 0.1) is 0 Å². The van der Waals surface area contributed by atoms with Gasteiger partial charge in [0.05, 0.1) is 0 Å². The molecule has 0 heteroatoms. The molecule has 0 radical (unpaired) electrons. The minimum atomic E-state index is 0.595. The number of fused-ring (bicyclic) bond motifs is 2. The zero-order chi connectivity index (χ0) is 21.4. The normalized spacial score (nSPS) is 15.6. The molecule has 0 heterocycles. The molecule has 158 valence electrons. The third-order valence-electron chi connectivity index (χ3n) is 7.26. The third-order valence-corrected chi connectivity index (χ3v) is 7.26. The molecular formula is C30H38. The fourth-order valence-corrected chi connectivity index (χ4v) is 5.72. The first-order chi connectivity index (χ1) is 14.4. The lowest BCUT2D eigenvalue weighted by Gasteiger charge is -2.17. The minimum Gasteiger partial charge on any atom is -0.0651 e. The van der Waals surface area contributed by atoms with Gasteiger partial charge in [0.2, 0.25) is 0 Å². The van der Waals surface area contributed by atoms with Crippen LogP contribution in [0.5, 0.6) is 0 Å². The fraction of sp³-hybridized carbons (Fsp3) is 0.467. The van der Waals surface area contributed by atoms with Crippen LogP contribution in [-0.2, 0) is 12.8 Å². The number of benzene rings is 2. The molecule has 0 unspecified atom stereocenters. The summed E-state index contributed by atoms with van der Waals surface area (Å²) in [5, 5.41) is 0. The first-order valence-corrected chi connectivity index (χ1v) is 12.0. The molecule has 0 bridgehead atoms. The van der Waals surface area contributed by atoms with Gasteiger partial charge in [-0.3, -0.25) is 0 Å². The van der Waals surface area contributed by atoms with Crippen LogP contribution in [0.2, 0.25) is 0 Å². The zero-order valence-electron chi connectivity index (χ0n) is 19.9. The van der Waals surface area contributed by atoms with E-state index in [0.717, 1.165) is 12.8 Å². The van der Waals surface area contributed by atoms with Crippen molar-refractivity contribution in [1.82, 2.24) is 0 Å². The summed E-state index contributed by atoms with van der Waals surface area (Å²) in [5.41, 5.74) is 15.9. The van der Waals surface area contributed by atoms with E-state index in [1.807, 2.05) is 0 Å². The van der Waals surface area contributed by atoms with Gasteiger partial charge in [-0.2, -0.15) is 0 Å². The lowest BCUT2D eigenvalue weighted by Crippen LogP contribution is -1.98. The second-order valence-electron chi connectivity index (χ2n) is 10.2. The summed E-state index contributed by atoms with van der Waals surface area (Å²) < 4.78 is 0. The fourth-order valence-electron chi connectivity index (χ4n) is 5.72. The smallest absolute Gasteiger partial charge is 0.00577 e. The number of allylic oxidation sites excluding steroid dienone is 4. The van der Waals surface area contributed by atoms with Crippen molar-refractivity contribution in [3.05, 3.63) is 80.9 Å². The van der Waals surface area contributed by atoms with E-state index in [9.17, 15) is 0 Å². The van der Waals surface area contributed by atoms with Gasteiger partial charge in [0, 0.05) is 0 Å². The molecule has 0 aromatic heterocycles. The zero-order valence-corrected chi connectivity index (χ0v) is 19.9. The highest BCUT2D eigenvalue weighted by Gasteiger charge is 2.24. The van der Waals surface area contributed by atoms with Crippen LogP contribution < -0.4 is 0 Å². The van der Waals surface area contributed by atoms with Gasteiger partial charge in [0.1, 0.15) is 0 Å². The summed E-state index contributed by atoms with van der Waals surface area (Å²) in [4.78, 5) is 0. The van der Waals surface area contributed by atoms with Crippen LogP contribution in [0.4, 0.5) is 0 Å². The molecule has 0 amide bonds. The summed E-state index contributed by atoms with van der Waals surface area (Å²) in [7, 11) is 0. The molecule has 2 aromatic rings. The Morgan fingerprint density at radius 3 is 1.40 bits per heavy atom. The quantitative estimate of drug-likeness (QED) is 0.408. The molecule has 0 atom stereocenters. The topological polar surface area (TPSA) is 0 Å². The van der Waals surface area contributed by atoms with Gasteiger partial charge in [-0.15, -0.1) is 0 Å². The van der Waals surface area contributed by atoms with Gasteiger partial charge in [0.25, 0.3) is 0 Å². The van der Waals surface area contributed by atoms with E-state index in [1.54, 1.807) is 55.7 Å². The second-order valence-corrected chi connectivity index (χ2v) is 10.2. The van der Waals surface area contributed by atoms with Gasteiger partial charge < -0.3 is 0 Å². The molecular weight excluding hydrogens is 360 g/mol. The van der Waals surface area contributed by atoms with E-state index >= 15 is 0 Å². The molecule has 0 N–H and O–H groups in total. The van der Waals surface area contributed by atoms with E-state index in [1.165, 1.54) is 25.7 Å². The second kappa shape index (κ2) is 8.58. The lowest BCUT2D eigenvalue weighted by molar-refractivity contribution is 0.771. The SMILES string of the molecule is CC1=C(CCCCC2=C(C)Cc3cccc(C(C)C)c32)c2c(cccc2C(C)C)C1. The Labute approximate surface area is 184 Å². The van der Waals surface area contributed by atoms with Crippen molar-refractivity contribution in [2.75, 3.05) is 0 Å². The van der Waals surface area contributed by atoms with Crippen molar-refractivity contribution < 1.29 is 0 Å². The Morgan fingerprint density at radius 2 is 1.03 bits per heavy atom. The largest absolute Gasteiger partial charge is 0.0651 e.